The molecule has 14 heavy (non-hydrogen) atoms. The van der Waals surface area contributed by atoms with Crippen LogP contribution in [0.1, 0.15) is 26.7 Å². The van der Waals surface area contributed by atoms with Crippen molar-refractivity contribution in [3.63, 3.8) is 0 Å². The highest BCUT2D eigenvalue weighted by Gasteiger charge is 2.15. The number of aliphatic carboxylic acids is 1. The van der Waals surface area contributed by atoms with Gasteiger partial charge in [-0.25, -0.2) is 4.79 Å². The van der Waals surface area contributed by atoms with E-state index in [0.29, 0.717) is 0 Å². The van der Waals surface area contributed by atoms with Crippen LogP contribution in [0.15, 0.2) is 11.6 Å². The number of hydrogen-bond acceptors (Lipinski definition) is 2. The van der Waals surface area contributed by atoms with Gasteiger partial charge < -0.3 is 5.11 Å². The number of likely N-dealkylation sites (tertiary alicyclic amines) is 1. The number of nitrogens with zero attached hydrogens (tertiary/aromatic N) is 1. The van der Waals surface area contributed by atoms with E-state index >= 15 is 0 Å². The molecule has 3 heteroatoms. The molecule has 1 fully saturated rings. The van der Waals surface area contributed by atoms with Gasteiger partial charge in [0.2, 0.25) is 0 Å². The van der Waals surface area contributed by atoms with Gasteiger partial charge in [-0.2, -0.15) is 0 Å². The topological polar surface area (TPSA) is 40.5 Å². The third-order valence-corrected chi connectivity index (χ3v) is 2.58. The Balaban J connectivity index is 2.39. The lowest BCUT2D eigenvalue weighted by molar-refractivity contribution is -0.131. The van der Waals surface area contributed by atoms with Crippen LogP contribution in [0.5, 0.6) is 0 Å². The summed E-state index contributed by atoms with van der Waals surface area (Å²) in [7, 11) is 0. The van der Waals surface area contributed by atoms with Crippen LogP contribution in [-0.2, 0) is 4.79 Å². The van der Waals surface area contributed by atoms with Crippen LogP contribution in [0.2, 0.25) is 0 Å². The first-order valence-corrected chi connectivity index (χ1v) is 5.20. The van der Waals surface area contributed by atoms with Crippen LogP contribution >= 0.6 is 0 Å². The highest BCUT2D eigenvalue weighted by Crippen LogP contribution is 2.16. The average Bonchev–Trinajstić information content (AvgIpc) is 2.01. The Morgan fingerprint density at radius 1 is 1.64 bits per heavy atom. The second-order valence-electron chi connectivity index (χ2n) is 4.31. The normalized spacial score (nSPS) is 25.0. The molecular formula is C11H19NO2. The molecule has 1 rings (SSSR count). The number of rotatable bonds is 3. The molecule has 0 aromatic carbocycles. The number of carboxylic acid groups (broad SMARTS) is 1. The molecule has 0 bridgehead atoms. The van der Waals surface area contributed by atoms with Gasteiger partial charge in [0, 0.05) is 19.2 Å². The molecule has 1 aliphatic heterocycles. The number of carbonyl (C=O) groups is 1. The highest BCUT2D eigenvalue weighted by molar-refractivity contribution is 5.80. The third kappa shape index (κ3) is 3.92. The van der Waals surface area contributed by atoms with Crippen LogP contribution < -0.4 is 0 Å². The fourth-order valence-corrected chi connectivity index (χ4v) is 2.04. The van der Waals surface area contributed by atoms with Gasteiger partial charge >= 0.3 is 5.97 Å². The lowest BCUT2D eigenvalue weighted by Crippen LogP contribution is -2.35. The van der Waals surface area contributed by atoms with Gasteiger partial charge in [0.05, 0.1) is 0 Å². The summed E-state index contributed by atoms with van der Waals surface area (Å²) < 4.78 is 0. The van der Waals surface area contributed by atoms with Crippen molar-refractivity contribution in [2.75, 3.05) is 19.6 Å². The third-order valence-electron chi connectivity index (χ3n) is 2.58. The van der Waals surface area contributed by atoms with Crippen molar-refractivity contribution < 1.29 is 9.90 Å². The second kappa shape index (κ2) is 5.15. The lowest BCUT2D eigenvalue weighted by Gasteiger charge is -2.30. The van der Waals surface area contributed by atoms with Crippen LogP contribution in [-0.4, -0.2) is 35.6 Å². The molecule has 1 atom stereocenters. The molecule has 1 saturated heterocycles. The van der Waals surface area contributed by atoms with Gasteiger partial charge in [0.1, 0.15) is 0 Å². The van der Waals surface area contributed by atoms with E-state index in [4.69, 9.17) is 5.11 Å². The second-order valence-corrected chi connectivity index (χ2v) is 4.31. The van der Waals surface area contributed by atoms with E-state index in [2.05, 4.69) is 11.8 Å². The monoisotopic (exact) mass is 197 g/mol. The molecule has 0 saturated carbocycles. The Labute approximate surface area is 85.4 Å². The van der Waals surface area contributed by atoms with Gasteiger partial charge in [-0.3, -0.25) is 4.90 Å². The predicted molar refractivity (Wildman–Crippen MR) is 56.2 cm³/mol. The Morgan fingerprint density at radius 2 is 2.36 bits per heavy atom. The molecule has 1 aliphatic rings. The zero-order valence-corrected chi connectivity index (χ0v) is 8.99. The zero-order valence-electron chi connectivity index (χ0n) is 8.99. The maximum Gasteiger partial charge on any atom is 0.328 e. The Hall–Kier alpha value is -0.830. The van der Waals surface area contributed by atoms with Crippen LogP contribution in [0.25, 0.3) is 0 Å². The molecule has 0 aliphatic carbocycles. The predicted octanol–water partition coefficient (Wildman–Crippen LogP) is 1.75. The minimum absolute atomic E-state index is 0.751. The summed E-state index contributed by atoms with van der Waals surface area (Å²) in [6.07, 6.45) is 3.85. The molecule has 0 aromatic rings. The lowest BCUT2D eigenvalue weighted by atomic mass is 10.00. The fourth-order valence-electron chi connectivity index (χ4n) is 2.04. The molecular weight excluding hydrogens is 178 g/mol. The molecule has 0 spiro atoms. The maximum atomic E-state index is 10.4. The first-order chi connectivity index (χ1) is 6.58. The average molecular weight is 197 g/mol. The van der Waals surface area contributed by atoms with Crippen LogP contribution in [0.3, 0.4) is 0 Å². The van der Waals surface area contributed by atoms with E-state index in [1.54, 1.807) is 0 Å². The standard InChI is InChI=1S/C11H19NO2/c1-9-4-3-5-12(7-9)8-10(2)6-11(13)14/h6,9H,3-5,7-8H2,1-2H3,(H,13,14). The van der Waals surface area contributed by atoms with Crippen molar-refractivity contribution in [1.82, 2.24) is 4.90 Å². The van der Waals surface area contributed by atoms with Gasteiger partial charge in [-0.15, -0.1) is 0 Å². The van der Waals surface area contributed by atoms with E-state index < -0.39 is 5.97 Å². The maximum absolute atomic E-state index is 10.4. The first-order valence-electron chi connectivity index (χ1n) is 5.20. The SMILES string of the molecule is CC(=CC(=O)O)CN1CCCC(C)C1. The summed E-state index contributed by atoms with van der Waals surface area (Å²) in [5, 5.41) is 8.57. The summed E-state index contributed by atoms with van der Waals surface area (Å²) >= 11 is 0. The van der Waals surface area contributed by atoms with Crippen LogP contribution in [0, 0.1) is 5.92 Å². The Morgan fingerprint density at radius 3 is 2.93 bits per heavy atom. The number of hydrogen-bond donors (Lipinski definition) is 1. The summed E-state index contributed by atoms with van der Waals surface area (Å²) in [4.78, 5) is 12.8. The largest absolute Gasteiger partial charge is 0.478 e. The van der Waals surface area contributed by atoms with Crippen molar-refractivity contribution in [2.45, 2.75) is 26.7 Å². The van der Waals surface area contributed by atoms with Crippen molar-refractivity contribution in [3.05, 3.63) is 11.6 Å². The van der Waals surface area contributed by atoms with Crippen molar-refractivity contribution in [1.29, 1.82) is 0 Å². The quantitative estimate of drug-likeness (QED) is 0.701. The van der Waals surface area contributed by atoms with Crippen molar-refractivity contribution in [2.24, 2.45) is 5.92 Å². The summed E-state index contributed by atoms with van der Waals surface area (Å²) in [6, 6.07) is 0. The van der Waals surface area contributed by atoms with Crippen molar-refractivity contribution >= 4 is 5.97 Å². The van der Waals surface area contributed by atoms with Gasteiger partial charge in [0.15, 0.2) is 0 Å². The van der Waals surface area contributed by atoms with Crippen LogP contribution in [0.4, 0.5) is 0 Å². The molecule has 0 aromatic heterocycles. The first kappa shape index (κ1) is 11.2. The zero-order chi connectivity index (χ0) is 10.6. The number of piperidine rings is 1. The minimum atomic E-state index is -0.840. The van der Waals surface area contributed by atoms with Gasteiger partial charge in [0.25, 0.3) is 0 Å². The highest BCUT2D eigenvalue weighted by atomic mass is 16.4. The molecule has 0 amide bonds. The Bertz CT molecular complexity index is 235. The van der Waals surface area contributed by atoms with Gasteiger partial charge in [-0.1, -0.05) is 12.5 Å². The van der Waals surface area contributed by atoms with Gasteiger partial charge in [-0.05, 0) is 32.2 Å². The fraction of sp³-hybridized carbons (Fsp3) is 0.727. The molecule has 1 N–H and O–H groups in total. The molecule has 1 unspecified atom stereocenters. The molecule has 80 valence electrons. The molecule has 1 heterocycles. The van der Waals surface area contributed by atoms with E-state index in [-0.39, 0.29) is 0 Å². The van der Waals surface area contributed by atoms with E-state index in [1.807, 2.05) is 6.92 Å². The summed E-state index contributed by atoms with van der Waals surface area (Å²) in [5.41, 5.74) is 0.937. The molecule has 3 nitrogen and oxygen atoms in total. The van der Waals surface area contributed by atoms with E-state index in [1.165, 1.54) is 18.9 Å². The van der Waals surface area contributed by atoms with E-state index in [9.17, 15) is 4.79 Å². The summed E-state index contributed by atoms with van der Waals surface area (Å²) in [5.74, 6) is -0.0889. The number of carboxylic acids is 1. The van der Waals surface area contributed by atoms with Crippen molar-refractivity contribution in [3.8, 4) is 0 Å². The Kier molecular flexibility index (Phi) is 4.14. The summed E-state index contributed by atoms with van der Waals surface area (Å²) in [6.45, 7) is 7.15. The molecule has 0 radical (unpaired) electrons. The smallest absolute Gasteiger partial charge is 0.328 e. The van der Waals surface area contributed by atoms with E-state index in [0.717, 1.165) is 31.1 Å². The minimum Gasteiger partial charge on any atom is -0.478 e.